The van der Waals surface area contributed by atoms with E-state index in [0.717, 1.165) is 5.56 Å². The first-order chi connectivity index (χ1) is 10.2. The second kappa shape index (κ2) is 5.72. The van der Waals surface area contributed by atoms with Crippen LogP contribution in [-0.2, 0) is 0 Å². The minimum Gasteiger partial charge on any atom is -0.479 e. The summed E-state index contributed by atoms with van der Waals surface area (Å²) in [6.45, 7) is 0. The Labute approximate surface area is 124 Å². The standard InChI is InChI=1S/C14H9ClN4O2/c15-11-6-7-12(19-18-11)16-8-10-14(20)21-13(17-10)9-4-2-1-3-5-9/h1-8,20H. The molecule has 3 rings (SSSR count). The molecule has 6 nitrogen and oxygen atoms in total. The molecular weight excluding hydrogens is 292 g/mol. The van der Waals surface area contributed by atoms with Crippen LogP contribution >= 0.6 is 11.6 Å². The second-order valence-corrected chi connectivity index (χ2v) is 4.44. The van der Waals surface area contributed by atoms with Crippen molar-refractivity contribution in [1.82, 2.24) is 15.2 Å². The molecular formula is C14H9ClN4O2. The Hall–Kier alpha value is -2.73. The number of hydrogen-bond donors (Lipinski definition) is 1. The number of benzene rings is 1. The van der Waals surface area contributed by atoms with Crippen molar-refractivity contribution in [2.75, 3.05) is 0 Å². The second-order valence-electron chi connectivity index (χ2n) is 4.05. The minimum atomic E-state index is -0.306. The van der Waals surface area contributed by atoms with E-state index in [9.17, 15) is 5.11 Å². The molecule has 1 aromatic carbocycles. The third-order valence-corrected chi connectivity index (χ3v) is 2.79. The molecule has 0 spiro atoms. The summed E-state index contributed by atoms with van der Waals surface area (Å²) in [5.74, 6) is 0.360. The Bertz CT molecular complexity index is 769. The molecule has 2 aromatic heterocycles. The van der Waals surface area contributed by atoms with Gasteiger partial charge in [0.1, 0.15) is 0 Å². The predicted octanol–water partition coefficient (Wildman–Crippen LogP) is 3.24. The van der Waals surface area contributed by atoms with Crippen molar-refractivity contribution >= 4 is 23.6 Å². The van der Waals surface area contributed by atoms with E-state index in [1.54, 1.807) is 12.1 Å². The molecule has 0 aliphatic rings. The van der Waals surface area contributed by atoms with Crippen molar-refractivity contribution in [3.05, 3.63) is 53.3 Å². The third kappa shape index (κ3) is 3.06. The highest BCUT2D eigenvalue weighted by Crippen LogP contribution is 2.25. The number of aliphatic imine (C=N–C) groups is 1. The molecule has 21 heavy (non-hydrogen) atoms. The van der Waals surface area contributed by atoms with Crippen molar-refractivity contribution in [3.63, 3.8) is 0 Å². The number of rotatable bonds is 3. The van der Waals surface area contributed by atoms with Crippen molar-refractivity contribution in [3.8, 4) is 17.4 Å². The highest BCUT2D eigenvalue weighted by Gasteiger charge is 2.11. The van der Waals surface area contributed by atoms with E-state index < -0.39 is 0 Å². The fraction of sp³-hybridized carbons (Fsp3) is 0. The molecule has 7 heteroatoms. The van der Waals surface area contributed by atoms with Gasteiger partial charge in [-0.05, 0) is 24.3 Å². The van der Waals surface area contributed by atoms with Gasteiger partial charge in [-0.25, -0.2) is 9.98 Å². The van der Waals surface area contributed by atoms with E-state index in [2.05, 4.69) is 20.2 Å². The van der Waals surface area contributed by atoms with E-state index in [1.165, 1.54) is 6.21 Å². The van der Waals surface area contributed by atoms with Crippen LogP contribution in [0.15, 0.2) is 51.9 Å². The summed E-state index contributed by atoms with van der Waals surface area (Å²) in [4.78, 5) is 8.22. The minimum absolute atomic E-state index is 0.214. The van der Waals surface area contributed by atoms with E-state index in [4.69, 9.17) is 16.0 Å². The Morgan fingerprint density at radius 3 is 2.62 bits per heavy atom. The molecule has 0 saturated carbocycles. The molecule has 0 bridgehead atoms. The first kappa shape index (κ1) is 13.3. The molecule has 1 N–H and O–H groups in total. The molecule has 0 radical (unpaired) electrons. The Morgan fingerprint density at radius 1 is 1.10 bits per heavy atom. The number of aromatic hydroxyl groups is 1. The van der Waals surface area contributed by atoms with Crippen LogP contribution in [0.25, 0.3) is 11.5 Å². The summed E-state index contributed by atoms with van der Waals surface area (Å²) in [5, 5.41) is 17.4. The first-order valence-corrected chi connectivity index (χ1v) is 6.39. The maximum absolute atomic E-state index is 9.74. The Kier molecular flexibility index (Phi) is 3.61. The van der Waals surface area contributed by atoms with E-state index in [-0.39, 0.29) is 16.8 Å². The highest BCUT2D eigenvalue weighted by molar-refractivity contribution is 6.29. The highest BCUT2D eigenvalue weighted by atomic mass is 35.5. The maximum Gasteiger partial charge on any atom is 0.312 e. The van der Waals surface area contributed by atoms with Gasteiger partial charge in [0.15, 0.2) is 16.7 Å². The van der Waals surface area contributed by atoms with Crippen LogP contribution in [0.2, 0.25) is 5.15 Å². The smallest absolute Gasteiger partial charge is 0.312 e. The van der Waals surface area contributed by atoms with Crippen molar-refractivity contribution in [1.29, 1.82) is 0 Å². The van der Waals surface area contributed by atoms with Gasteiger partial charge in [-0.15, -0.1) is 10.2 Å². The Balaban J connectivity index is 1.86. The van der Waals surface area contributed by atoms with Crippen molar-refractivity contribution in [2.45, 2.75) is 0 Å². The summed E-state index contributed by atoms with van der Waals surface area (Å²) in [7, 11) is 0. The quantitative estimate of drug-likeness (QED) is 0.751. The number of nitrogens with zero attached hydrogens (tertiary/aromatic N) is 4. The normalized spacial score (nSPS) is 11.1. The van der Waals surface area contributed by atoms with Crippen molar-refractivity contribution < 1.29 is 9.52 Å². The molecule has 0 atom stereocenters. The van der Waals surface area contributed by atoms with Gasteiger partial charge >= 0.3 is 5.95 Å². The number of aromatic nitrogens is 3. The lowest BCUT2D eigenvalue weighted by atomic mass is 10.2. The number of halogens is 1. The van der Waals surface area contributed by atoms with Crippen molar-refractivity contribution in [2.24, 2.45) is 4.99 Å². The summed E-state index contributed by atoms with van der Waals surface area (Å²) in [6.07, 6.45) is 1.35. The van der Waals surface area contributed by atoms with Gasteiger partial charge in [0.2, 0.25) is 5.89 Å². The van der Waals surface area contributed by atoms with Gasteiger partial charge in [-0.2, -0.15) is 0 Å². The molecule has 0 saturated heterocycles. The van der Waals surface area contributed by atoms with Crippen LogP contribution in [0.1, 0.15) is 5.69 Å². The summed E-state index contributed by atoms with van der Waals surface area (Å²) >= 11 is 5.63. The average molecular weight is 301 g/mol. The first-order valence-electron chi connectivity index (χ1n) is 6.01. The van der Waals surface area contributed by atoms with Crippen LogP contribution in [-0.4, -0.2) is 26.5 Å². The maximum atomic E-state index is 9.74. The fourth-order valence-electron chi connectivity index (χ4n) is 1.62. The topological polar surface area (TPSA) is 84.4 Å². The SMILES string of the molecule is Oc1oc(-c2ccccc2)nc1C=Nc1ccc(Cl)nn1. The van der Waals surface area contributed by atoms with Gasteiger partial charge in [-0.3, -0.25) is 0 Å². The van der Waals surface area contributed by atoms with E-state index in [1.807, 2.05) is 30.3 Å². The van der Waals surface area contributed by atoms with E-state index in [0.29, 0.717) is 11.7 Å². The van der Waals surface area contributed by atoms with Crippen LogP contribution < -0.4 is 0 Å². The molecule has 0 fully saturated rings. The van der Waals surface area contributed by atoms with Crippen LogP contribution in [0.5, 0.6) is 5.95 Å². The van der Waals surface area contributed by atoms with Gasteiger partial charge < -0.3 is 9.52 Å². The molecule has 3 aromatic rings. The predicted molar refractivity (Wildman–Crippen MR) is 77.9 cm³/mol. The molecule has 2 heterocycles. The van der Waals surface area contributed by atoms with Crippen LogP contribution in [0.3, 0.4) is 0 Å². The summed E-state index contributed by atoms with van der Waals surface area (Å²) in [6, 6.07) is 12.4. The number of oxazole rings is 1. The fourth-order valence-corrected chi connectivity index (χ4v) is 1.72. The number of hydrogen-bond acceptors (Lipinski definition) is 6. The monoisotopic (exact) mass is 300 g/mol. The van der Waals surface area contributed by atoms with Gasteiger partial charge in [0.25, 0.3) is 0 Å². The molecule has 0 unspecified atom stereocenters. The lowest BCUT2D eigenvalue weighted by Gasteiger charge is -1.91. The zero-order chi connectivity index (χ0) is 14.7. The molecule has 0 aliphatic heterocycles. The lowest BCUT2D eigenvalue weighted by Crippen LogP contribution is -1.85. The summed E-state index contributed by atoms with van der Waals surface area (Å²) < 4.78 is 5.20. The lowest BCUT2D eigenvalue weighted by molar-refractivity contribution is 0.337. The van der Waals surface area contributed by atoms with Crippen LogP contribution in [0.4, 0.5) is 5.82 Å². The largest absolute Gasteiger partial charge is 0.479 e. The third-order valence-electron chi connectivity index (χ3n) is 2.59. The van der Waals surface area contributed by atoms with Gasteiger partial charge in [-0.1, -0.05) is 29.8 Å². The molecule has 0 amide bonds. The zero-order valence-electron chi connectivity index (χ0n) is 10.6. The van der Waals surface area contributed by atoms with Gasteiger partial charge in [0, 0.05) is 5.56 Å². The molecule has 104 valence electrons. The average Bonchev–Trinajstić information content (AvgIpc) is 2.89. The summed E-state index contributed by atoms with van der Waals surface area (Å²) in [5.41, 5.74) is 0.976. The molecule has 0 aliphatic carbocycles. The zero-order valence-corrected chi connectivity index (χ0v) is 11.4. The Morgan fingerprint density at radius 2 is 1.90 bits per heavy atom. The van der Waals surface area contributed by atoms with Crippen LogP contribution in [0, 0.1) is 0 Å². The van der Waals surface area contributed by atoms with Gasteiger partial charge in [0.05, 0.1) is 6.21 Å². The van der Waals surface area contributed by atoms with E-state index >= 15 is 0 Å².